The van der Waals surface area contributed by atoms with Gasteiger partial charge in [-0.05, 0) is 18.9 Å². The minimum Gasteiger partial charge on any atom is -0.461 e. The molecule has 2 aromatic rings. The number of hydrogen-bond donors (Lipinski definition) is 0. The second-order valence-electron chi connectivity index (χ2n) is 5.32. The maximum Gasteiger partial charge on any atom is 0.306 e. The summed E-state index contributed by atoms with van der Waals surface area (Å²) in [6.07, 6.45) is 4.82. The van der Waals surface area contributed by atoms with Gasteiger partial charge >= 0.3 is 5.97 Å². The molecule has 0 aliphatic carbocycles. The monoisotopic (exact) mass is 382 g/mol. The summed E-state index contributed by atoms with van der Waals surface area (Å²) >= 11 is 1.44. The van der Waals surface area contributed by atoms with Crippen LogP contribution in [0.3, 0.4) is 0 Å². The first kappa shape index (κ1) is 21.3. The number of benzene rings is 1. The third kappa shape index (κ3) is 7.75. The molecule has 0 saturated carbocycles. The number of halogens is 1. The van der Waals surface area contributed by atoms with Crippen molar-refractivity contribution in [2.24, 2.45) is 0 Å². The molecule has 1 aromatic heterocycles. The van der Waals surface area contributed by atoms with Crippen molar-refractivity contribution in [3.05, 3.63) is 48.3 Å². The first-order valence-electron chi connectivity index (χ1n) is 8.04. The Morgan fingerprint density at radius 2 is 1.96 bits per heavy atom. The Balaban J connectivity index is 0.00000312. The number of thioether (sulfide) groups is 1. The van der Waals surface area contributed by atoms with Gasteiger partial charge in [-0.3, -0.25) is 9.59 Å². The molecule has 0 N–H and O–H groups in total. The lowest BCUT2D eigenvalue weighted by molar-refractivity contribution is -0.145. The molecule has 0 saturated heterocycles. The lowest BCUT2D eigenvalue weighted by Crippen LogP contribution is -2.07. The smallest absolute Gasteiger partial charge is 0.306 e. The Hall–Kier alpha value is -1.79. The van der Waals surface area contributed by atoms with Gasteiger partial charge in [-0.1, -0.05) is 42.1 Å². The number of carbonyl (C=O) groups is 2. The third-order valence-corrected chi connectivity index (χ3v) is 4.52. The van der Waals surface area contributed by atoms with Crippen LogP contribution in [0.5, 0.6) is 0 Å². The van der Waals surface area contributed by atoms with Crippen LogP contribution in [-0.4, -0.2) is 27.1 Å². The van der Waals surface area contributed by atoms with Crippen molar-refractivity contribution in [3.8, 4) is 0 Å². The number of imidazole rings is 1. The maximum absolute atomic E-state index is 11.9. The topological polar surface area (TPSA) is 61.2 Å². The molecule has 7 heteroatoms. The van der Waals surface area contributed by atoms with E-state index in [9.17, 15) is 9.59 Å². The second kappa shape index (κ2) is 11.7. The molecular formula is C18H23ClN2O3S. The molecule has 0 radical (unpaired) electrons. The number of Topliss-reactive ketones (excluding diaryl/α,β-unsaturated/α-hetero) is 1. The molecule has 2 rings (SSSR count). The molecule has 25 heavy (non-hydrogen) atoms. The Morgan fingerprint density at radius 3 is 2.68 bits per heavy atom. The van der Waals surface area contributed by atoms with E-state index in [4.69, 9.17) is 4.74 Å². The molecule has 0 amide bonds. The number of aryl methyl sites for hydroxylation is 1. The predicted octanol–water partition coefficient (Wildman–Crippen LogP) is 3.90. The van der Waals surface area contributed by atoms with Crippen LogP contribution in [0.1, 0.15) is 31.7 Å². The Morgan fingerprint density at radius 1 is 1.20 bits per heavy atom. The molecular weight excluding hydrogens is 360 g/mol. The van der Waals surface area contributed by atoms with E-state index in [0.29, 0.717) is 18.6 Å². The highest BCUT2D eigenvalue weighted by Crippen LogP contribution is 2.16. The highest BCUT2D eigenvalue weighted by molar-refractivity contribution is 7.99. The molecule has 0 spiro atoms. The Kier molecular flexibility index (Phi) is 9.96. The number of hydrogen-bond acceptors (Lipinski definition) is 5. The average molecular weight is 383 g/mol. The van der Waals surface area contributed by atoms with Crippen LogP contribution in [0, 0.1) is 0 Å². The minimum atomic E-state index is -0.263. The van der Waals surface area contributed by atoms with Crippen molar-refractivity contribution < 1.29 is 14.3 Å². The largest absolute Gasteiger partial charge is 0.461 e. The highest BCUT2D eigenvalue weighted by Gasteiger charge is 2.09. The summed E-state index contributed by atoms with van der Waals surface area (Å²) in [5, 5.41) is 0.855. The number of ether oxygens (including phenoxy) is 1. The first-order valence-corrected chi connectivity index (χ1v) is 9.02. The van der Waals surface area contributed by atoms with E-state index in [2.05, 4.69) is 4.98 Å². The summed E-state index contributed by atoms with van der Waals surface area (Å²) in [5.74, 6) is 0.248. The summed E-state index contributed by atoms with van der Waals surface area (Å²) in [6, 6.07) is 9.55. The number of nitrogens with zero attached hydrogens (tertiary/aromatic N) is 2. The molecule has 1 heterocycles. The standard InChI is InChI=1S/C18H22N2O3S.ClH/c1-2-20-12-11-19-18(20)24-14-16(21)9-6-10-17(22)23-13-15-7-4-3-5-8-15;/h3-5,7-8,11-12H,2,6,9-10,13-14H2,1H3;1H. The van der Waals surface area contributed by atoms with Crippen LogP contribution < -0.4 is 0 Å². The molecule has 5 nitrogen and oxygen atoms in total. The van der Waals surface area contributed by atoms with Crippen LogP contribution in [0.25, 0.3) is 0 Å². The molecule has 0 aliphatic rings. The number of esters is 1. The van der Waals surface area contributed by atoms with Gasteiger partial charge in [-0.15, -0.1) is 12.4 Å². The molecule has 0 aliphatic heterocycles. The van der Waals surface area contributed by atoms with Gasteiger partial charge in [0, 0.05) is 31.8 Å². The molecule has 136 valence electrons. The molecule has 1 aromatic carbocycles. The minimum absolute atomic E-state index is 0. The molecule has 0 atom stereocenters. The average Bonchev–Trinajstić information content (AvgIpc) is 3.06. The van der Waals surface area contributed by atoms with Gasteiger partial charge in [-0.25, -0.2) is 4.98 Å². The van der Waals surface area contributed by atoms with E-state index >= 15 is 0 Å². The van der Waals surface area contributed by atoms with Crippen molar-refractivity contribution in [2.45, 2.75) is 44.5 Å². The highest BCUT2D eigenvalue weighted by atomic mass is 35.5. The zero-order valence-corrected chi connectivity index (χ0v) is 15.9. The number of rotatable bonds is 10. The second-order valence-corrected chi connectivity index (χ2v) is 6.27. The van der Waals surface area contributed by atoms with Crippen LogP contribution in [0.15, 0.2) is 47.9 Å². The fourth-order valence-corrected chi connectivity index (χ4v) is 3.06. The summed E-state index contributed by atoms with van der Waals surface area (Å²) < 4.78 is 7.19. The van der Waals surface area contributed by atoms with E-state index in [-0.39, 0.29) is 37.2 Å². The van der Waals surface area contributed by atoms with E-state index in [1.54, 1.807) is 6.20 Å². The summed E-state index contributed by atoms with van der Waals surface area (Å²) in [4.78, 5) is 27.8. The van der Waals surface area contributed by atoms with Crippen molar-refractivity contribution in [1.82, 2.24) is 9.55 Å². The molecule has 0 bridgehead atoms. The lowest BCUT2D eigenvalue weighted by Gasteiger charge is -2.05. The van der Waals surface area contributed by atoms with Gasteiger partial charge in [0.2, 0.25) is 0 Å². The van der Waals surface area contributed by atoms with E-state index in [1.165, 1.54) is 11.8 Å². The van der Waals surface area contributed by atoms with E-state index < -0.39 is 0 Å². The van der Waals surface area contributed by atoms with E-state index in [0.717, 1.165) is 17.3 Å². The van der Waals surface area contributed by atoms with Crippen LogP contribution in [0.2, 0.25) is 0 Å². The Labute approximate surface area is 158 Å². The number of ketones is 1. The van der Waals surface area contributed by atoms with Gasteiger partial charge in [0.25, 0.3) is 0 Å². The first-order chi connectivity index (χ1) is 11.7. The van der Waals surface area contributed by atoms with Crippen LogP contribution >= 0.6 is 24.2 Å². The van der Waals surface area contributed by atoms with Gasteiger partial charge in [0.1, 0.15) is 12.4 Å². The van der Waals surface area contributed by atoms with Gasteiger partial charge < -0.3 is 9.30 Å². The van der Waals surface area contributed by atoms with Gasteiger partial charge in [-0.2, -0.15) is 0 Å². The Bertz CT molecular complexity index is 661. The fourth-order valence-electron chi connectivity index (χ4n) is 2.13. The van der Waals surface area contributed by atoms with Gasteiger partial charge in [0.15, 0.2) is 5.16 Å². The fraction of sp³-hybridized carbons (Fsp3) is 0.389. The summed E-state index contributed by atoms with van der Waals surface area (Å²) in [7, 11) is 0. The summed E-state index contributed by atoms with van der Waals surface area (Å²) in [5.41, 5.74) is 0.963. The zero-order valence-electron chi connectivity index (χ0n) is 14.2. The zero-order chi connectivity index (χ0) is 17.2. The normalized spacial score (nSPS) is 10.1. The number of carbonyl (C=O) groups excluding carboxylic acids is 2. The molecule has 0 fully saturated rings. The maximum atomic E-state index is 11.9. The van der Waals surface area contributed by atoms with Crippen molar-refractivity contribution in [3.63, 3.8) is 0 Å². The van der Waals surface area contributed by atoms with Crippen LogP contribution in [0.4, 0.5) is 0 Å². The van der Waals surface area contributed by atoms with Crippen molar-refractivity contribution in [2.75, 3.05) is 5.75 Å². The molecule has 0 unspecified atom stereocenters. The van der Waals surface area contributed by atoms with Crippen molar-refractivity contribution >= 4 is 35.9 Å². The number of aromatic nitrogens is 2. The van der Waals surface area contributed by atoms with Gasteiger partial charge in [0.05, 0.1) is 5.75 Å². The quantitative estimate of drug-likeness (QED) is 0.460. The van der Waals surface area contributed by atoms with Crippen molar-refractivity contribution in [1.29, 1.82) is 0 Å². The predicted molar refractivity (Wildman–Crippen MR) is 101 cm³/mol. The van der Waals surface area contributed by atoms with E-state index in [1.807, 2.05) is 48.0 Å². The summed E-state index contributed by atoms with van der Waals surface area (Å²) in [6.45, 7) is 3.15. The SMILES string of the molecule is CCn1ccnc1SCC(=O)CCCC(=O)OCc1ccccc1.Cl. The third-order valence-electron chi connectivity index (χ3n) is 3.46. The lowest BCUT2D eigenvalue weighted by atomic mass is 10.2. The van der Waals surface area contributed by atoms with Crippen LogP contribution in [-0.2, 0) is 27.5 Å².